The van der Waals surface area contributed by atoms with E-state index in [1.807, 2.05) is 12.1 Å². The Bertz CT molecular complexity index is 1150. The predicted molar refractivity (Wildman–Crippen MR) is 120 cm³/mol. The van der Waals surface area contributed by atoms with E-state index in [1.165, 1.54) is 16.8 Å². The summed E-state index contributed by atoms with van der Waals surface area (Å²) in [5.74, 6) is 1.63. The van der Waals surface area contributed by atoms with E-state index in [-0.39, 0.29) is 28.4 Å². The average molecular weight is 412 g/mol. The summed E-state index contributed by atoms with van der Waals surface area (Å²) in [7, 11) is 0. The van der Waals surface area contributed by atoms with Crippen LogP contribution in [0.4, 0.5) is 11.4 Å². The first-order valence-corrected chi connectivity index (χ1v) is 11.1. The molecule has 0 radical (unpaired) electrons. The Morgan fingerprint density at radius 3 is 2.42 bits per heavy atom. The number of rotatable bonds is 3. The van der Waals surface area contributed by atoms with Gasteiger partial charge in [0.25, 0.3) is 5.69 Å². The van der Waals surface area contributed by atoms with Crippen LogP contribution in [0, 0.1) is 22.0 Å². The van der Waals surface area contributed by atoms with E-state index in [1.54, 1.807) is 19.1 Å². The fourth-order valence-electron chi connectivity index (χ4n) is 6.35. The molecule has 2 aromatic carbocycles. The molecule has 2 aromatic rings. The maximum absolute atomic E-state index is 12.4. The lowest BCUT2D eigenvalue weighted by Crippen LogP contribution is -2.46. The summed E-state index contributed by atoms with van der Waals surface area (Å²) in [6, 6.07) is 11.5. The number of hydrogen-bond acceptors (Lipinski definition) is 4. The van der Waals surface area contributed by atoms with Gasteiger partial charge in [-0.05, 0) is 60.4 Å². The predicted octanol–water partition coefficient (Wildman–Crippen LogP) is 5.69. The maximum Gasteiger partial charge on any atom is 0.269 e. The van der Waals surface area contributed by atoms with Gasteiger partial charge in [-0.3, -0.25) is 14.9 Å². The Labute approximate surface area is 181 Å². The number of nitrogens with zero attached hydrogens (tertiary/aromatic N) is 2. The SMILES string of the molecule is CC(=O)c1cc2c3c(c1)[C@@H]1C=CC[C@@H]1[C@H](c1ccc([N+](=O)[O-])cc1)N3C[C@@H]1CC=C[C@@H]21. The third-order valence-corrected chi connectivity index (χ3v) is 7.70. The molecule has 0 bridgehead atoms. The summed E-state index contributed by atoms with van der Waals surface area (Å²) in [6.45, 7) is 2.63. The molecule has 5 atom stereocenters. The Morgan fingerprint density at radius 1 is 1.03 bits per heavy atom. The minimum Gasteiger partial charge on any atom is -0.363 e. The summed E-state index contributed by atoms with van der Waals surface area (Å²) in [5.41, 5.74) is 5.92. The zero-order valence-corrected chi connectivity index (χ0v) is 17.4. The van der Waals surface area contributed by atoms with Crippen LogP contribution < -0.4 is 4.90 Å². The van der Waals surface area contributed by atoms with E-state index >= 15 is 0 Å². The molecule has 4 aliphatic rings. The van der Waals surface area contributed by atoms with E-state index in [4.69, 9.17) is 0 Å². The molecule has 0 N–H and O–H groups in total. The summed E-state index contributed by atoms with van der Waals surface area (Å²) in [6.07, 6.45) is 11.2. The van der Waals surface area contributed by atoms with Gasteiger partial charge in [-0.15, -0.1) is 0 Å². The van der Waals surface area contributed by atoms with E-state index in [0.29, 0.717) is 17.8 Å². The minimum absolute atomic E-state index is 0.116. The average Bonchev–Trinajstić information content (AvgIpc) is 3.43. The van der Waals surface area contributed by atoms with Crippen molar-refractivity contribution in [3.05, 3.63) is 93.1 Å². The molecule has 6 rings (SSSR count). The number of benzene rings is 2. The summed E-state index contributed by atoms with van der Waals surface area (Å²) in [5, 5.41) is 11.2. The van der Waals surface area contributed by atoms with Crippen molar-refractivity contribution in [1.29, 1.82) is 0 Å². The molecule has 0 amide bonds. The van der Waals surface area contributed by atoms with Gasteiger partial charge in [0.15, 0.2) is 5.78 Å². The number of nitro benzene ring substituents is 1. The molecule has 0 unspecified atom stereocenters. The second-order valence-corrected chi connectivity index (χ2v) is 9.31. The van der Waals surface area contributed by atoms with Crippen LogP contribution in [0.2, 0.25) is 0 Å². The van der Waals surface area contributed by atoms with Crippen LogP contribution in [0.25, 0.3) is 0 Å². The van der Waals surface area contributed by atoms with E-state index in [2.05, 4.69) is 41.3 Å². The highest BCUT2D eigenvalue weighted by atomic mass is 16.6. The summed E-state index contributed by atoms with van der Waals surface area (Å²) >= 11 is 0. The van der Waals surface area contributed by atoms with Crippen molar-refractivity contribution in [2.24, 2.45) is 11.8 Å². The Kier molecular flexibility index (Phi) is 3.98. The highest BCUT2D eigenvalue weighted by molar-refractivity contribution is 5.95. The topological polar surface area (TPSA) is 63.4 Å². The van der Waals surface area contributed by atoms with Gasteiger partial charge >= 0.3 is 0 Å². The van der Waals surface area contributed by atoms with Crippen LogP contribution in [-0.2, 0) is 0 Å². The molecule has 156 valence electrons. The molecule has 2 heterocycles. The monoisotopic (exact) mass is 412 g/mol. The van der Waals surface area contributed by atoms with Crippen LogP contribution in [-0.4, -0.2) is 17.3 Å². The first-order chi connectivity index (χ1) is 15.0. The zero-order chi connectivity index (χ0) is 21.3. The Balaban J connectivity index is 1.55. The van der Waals surface area contributed by atoms with Crippen molar-refractivity contribution in [3.8, 4) is 0 Å². The van der Waals surface area contributed by atoms with Crippen LogP contribution in [0.3, 0.4) is 0 Å². The lowest BCUT2D eigenvalue weighted by Gasteiger charge is -2.51. The molecule has 0 aromatic heterocycles. The normalized spacial score (nSPS) is 29.5. The molecule has 2 aliphatic heterocycles. The second kappa shape index (κ2) is 6.64. The number of Topliss-reactive ketones (excluding diaryl/α,β-unsaturated/α-hetero) is 1. The van der Waals surface area contributed by atoms with Crippen LogP contribution in [0.1, 0.15) is 64.7 Å². The highest BCUT2D eigenvalue weighted by Crippen LogP contribution is 2.59. The first kappa shape index (κ1) is 18.6. The van der Waals surface area contributed by atoms with Crippen molar-refractivity contribution in [1.82, 2.24) is 0 Å². The van der Waals surface area contributed by atoms with Gasteiger partial charge in [-0.2, -0.15) is 0 Å². The summed E-state index contributed by atoms with van der Waals surface area (Å²) < 4.78 is 0. The van der Waals surface area contributed by atoms with Crippen molar-refractivity contribution in [2.75, 3.05) is 11.4 Å². The fraction of sp³-hybridized carbons (Fsp3) is 0.346. The van der Waals surface area contributed by atoms with Gasteiger partial charge in [0, 0.05) is 41.8 Å². The fourth-order valence-corrected chi connectivity index (χ4v) is 6.35. The van der Waals surface area contributed by atoms with Gasteiger partial charge in [-0.25, -0.2) is 0 Å². The van der Waals surface area contributed by atoms with Crippen molar-refractivity contribution in [3.63, 3.8) is 0 Å². The number of carbonyl (C=O) groups excluding carboxylic acids is 1. The van der Waals surface area contributed by atoms with Crippen molar-refractivity contribution in [2.45, 2.75) is 37.6 Å². The second-order valence-electron chi connectivity index (χ2n) is 9.31. The molecule has 31 heavy (non-hydrogen) atoms. The Morgan fingerprint density at radius 2 is 1.71 bits per heavy atom. The van der Waals surface area contributed by atoms with Crippen molar-refractivity contribution >= 4 is 17.2 Å². The van der Waals surface area contributed by atoms with Gasteiger partial charge in [0.05, 0.1) is 11.0 Å². The number of fused-ring (bicyclic) bond motifs is 4. The van der Waals surface area contributed by atoms with Crippen LogP contribution >= 0.6 is 0 Å². The number of carbonyl (C=O) groups is 1. The minimum atomic E-state index is -0.336. The largest absolute Gasteiger partial charge is 0.363 e. The highest BCUT2D eigenvalue weighted by Gasteiger charge is 2.47. The van der Waals surface area contributed by atoms with Gasteiger partial charge in [0.2, 0.25) is 0 Å². The standard InChI is InChI=1S/C26H24N2O3/c1-15(29)18-12-23-20-5-2-4-17(20)14-27-25(16-8-10-19(11-9-16)28(30)31)22-7-3-6-21(22)24(13-18)26(23)27/h2-3,5-6,8-13,17,20-22,25H,4,7,14H2,1H3/t17-,20+,21+,22-,25-/m0/s1. The summed E-state index contributed by atoms with van der Waals surface area (Å²) in [4.78, 5) is 25.7. The lowest BCUT2D eigenvalue weighted by atomic mass is 9.70. The number of non-ortho nitro benzene ring substituents is 1. The zero-order valence-electron chi connectivity index (χ0n) is 17.4. The molecule has 0 fully saturated rings. The van der Waals surface area contributed by atoms with Crippen LogP contribution in [0.15, 0.2) is 60.7 Å². The molecule has 2 aliphatic carbocycles. The van der Waals surface area contributed by atoms with Gasteiger partial charge < -0.3 is 4.90 Å². The quantitative estimate of drug-likeness (QED) is 0.281. The molecule has 0 spiro atoms. The van der Waals surface area contributed by atoms with E-state index in [0.717, 1.165) is 30.5 Å². The van der Waals surface area contributed by atoms with Gasteiger partial charge in [-0.1, -0.05) is 36.4 Å². The number of anilines is 1. The Hall–Kier alpha value is -3.21. The molecule has 5 nitrogen and oxygen atoms in total. The maximum atomic E-state index is 12.4. The third-order valence-electron chi connectivity index (χ3n) is 7.70. The molecule has 0 saturated heterocycles. The number of hydrogen-bond donors (Lipinski definition) is 0. The van der Waals surface area contributed by atoms with Crippen LogP contribution in [0.5, 0.6) is 0 Å². The number of ketones is 1. The smallest absolute Gasteiger partial charge is 0.269 e. The van der Waals surface area contributed by atoms with Crippen molar-refractivity contribution < 1.29 is 9.72 Å². The van der Waals surface area contributed by atoms with E-state index < -0.39 is 0 Å². The third kappa shape index (κ3) is 2.65. The molecule has 0 saturated carbocycles. The molecular formula is C26H24N2O3. The first-order valence-electron chi connectivity index (χ1n) is 11.1. The number of nitro groups is 1. The van der Waals surface area contributed by atoms with Gasteiger partial charge in [0.1, 0.15) is 0 Å². The van der Waals surface area contributed by atoms with E-state index in [9.17, 15) is 14.9 Å². The number of allylic oxidation sites excluding steroid dienone is 4. The molecular weight excluding hydrogens is 388 g/mol. The lowest BCUT2D eigenvalue weighted by molar-refractivity contribution is -0.384. The molecule has 5 heteroatoms.